The monoisotopic (exact) mass is 790 g/mol. The fraction of sp³-hybridized carbons (Fsp3) is 0.436. The number of carbonyl (C=O) groups excluding carboxylic acids is 6. The normalized spacial score (nSPS) is 14.6. The van der Waals surface area contributed by atoms with Crippen molar-refractivity contribution in [2.45, 2.75) is 84.4 Å². The van der Waals surface area contributed by atoms with E-state index in [-0.39, 0.29) is 36.5 Å². The van der Waals surface area contributed by atoms with E-state index < -0.39 is 39.9 Å². The van der Waals surface area contributed by atoms with Crippen LogP contribution in [-0.4, -0.2) is 60.8 Å². The van der Waals surface area contributed by atoms with Crippen molar-refractivity contribution >= 4 is 51.6 Å². The number of ketones is 1. The van der Waals surface area contributed by atoms with Gasteiger partial charge in [-0.3, -0.25) is 14.4 Å². The van der Waals surface area contributed by atoms with Crippen LogP contribution >= 0.6 is 15.9 Å². The summed E-state index contributed by atoms with van der Waals surface area (Å²) in [6, 6.07) is 18.4. The number of esters is 5. The fourth-order valence-electron chi connectivity index (χ4n) is 3.77. The highest BCUT2D eigenvalue weighted by Gasteiger charge is 2.34. The summed E-state index contributed by atoms with van der Waals surface area (Å²) < 4.78 is 28.4. The second-order valence-electron chi connectivity index (χ2n) is 11.9. The number of alkyl halides is 1. The summed E-state index contributed by atoms with van der Waals surface area (Å²) in [6.07, 6.45) is -0.376. The zero-order valence-electron chi connectivity index (χ0n) is 31.4. The molecule has 3 unspecified atom stereocenters. The van der Waals surface area contributed by atoms with Crippen LogP contribution in [0.15, 0.2) is 85.2 Å². The molecule has 0 amide bonds. The minimum Gasteiger partial charge on any atom is -0.469 e. The van der Waals surface area contributed by atoms with E-state index in [0.29, 0.717) is 18.6 Å². The van der Waals surface area contributed by atoms with Gasteiger partial charge in [-0.1, -0.05) is 90.1 Å². The highest BCUT2D eigenvalue weighted by molar-refractivity contribution is 9.10. The van der Waals surface area contributed by atoms with Gasteiger partial charge in [0.2, 0.25) is 11.5 Å². The molecule has 1 saturated heterocycles. The number of carbonyl (C=O) groups is 6. The molecule has 1 heterocycles. The number of ether oxygens (including phenoxy) is 6. The number of benzene rings is 2. The summed E-state index contributed by atoms with van der Waals surface area (Å²) in [5.74, 6) is -2.87. The van der Waals surface area contributed by atoms with Gasteiger partial charge < -0.3 is 28.4 Å². The van der Waals surface area contributed by atoms with Crippen molar-refractivity contribution in [2.75, 3.05) is 20.8 Å². The molecular weight excluding hydrogens is 740 g/mol. The molecule has 13 heteroatoms. The molecule has 1 fully saturated rings. The number of methoxy groups -OCH3 is 2. The summed E-state index contributed by atoms with van der Waals surface area (Å²) in [7, 11) is 2.64. The van der Waals surface area contributed by atoms with E-state index >= 15 is 0 Å². The molecule has 0 aromatic heterocycles. The maximum Gasteiger partial charge on any atom is 0.376 e. The molecule has 2 aromatic carbocycles. The van der Waals surface area contributed by atoms with Gasteiger partial charge in [0, 0.05) is 17.6 Å². The van der Waals surface area contributed by atoms with Crippen molar-refractivity contribution < 1.29 is 57.2 Å². The zero-order chi connectivity index (χ0) is 40.1. The molecule has 2 aromatic rings. The predicted molar refractivity (Wildman–Crippen MR) is 198 cm³/mol. The van der Waals surface area contributed by atoms with Gasteiger partial charge in [-0.2, -0.15) is 0 Å². The molecule has 52 heavy (non-hydrogen) atoms. The summed E-state index contributed by atoms with van der Waals surface area (Å²) in [5.41, 5.74) is 1.30. The van der Waals surface area contributed by atoms with Crippen molar-refractivity contribution in [2.24, 2.45) is 5.41 Å². The first-order valence-corrected chi connectivity index (χ1v) is 17.2. The average Bonchev–Trinajstić information content (AvgIpc) is 3.48. The minimum atomic E-state index is -0.871. The Morgan fingerprint density at radius 2 is 1.40 bits per heavy atom. The largest absolute Gasteiger partial charge is 0.469 e. The summed E-state index contributed by atoms with van der Waals surface area (Å²) in [6.45, 7) is 19.4. The molecule has 3 rings (SSSR count). The molecule has 0 radical (unpaired) electrons. The third-order valence-corrected chi connectivity index (χ3v) is 7.52. The van der Waals surface area contributed by atoms with Crippen LogP contribution in [-0.2, 0) is 57.2 Å². The lowest BCUT2D eigenvalue weighted by Gasteiger charge is -2.24. The molecule has 0 saturated carbocycles. The summed E-state index contributed by atoms with van der Waals surface area (Å²) in [5, 5.41) is 0. The molecule has 0 aliphatic carbocycles. The number of hydrogen-bond donors (Lipinski definition) is 0. The van der Waals surface area contributed by atoms with E-state index in [2.05, 4.69) is 33.8 Å². The van der Waals surface area contributed by atoms with Gasteiger partial charge in [0.15, 0.2) is 0 Å². The molecule has 0 N–H and O–H groups in total. The Kier molecular flexibility index (Phi) is 21.5. The standard InChI is InChI=1S/C18H24O5.C10H8O3.C6H11BrO2.C5H8O2/c1-5-18(3,17(21)22-4)12-11-15(19)16(20)23-13(2)14-9-7-6-8-10-14;1-7-9(11)13-10(12-7)8-5-3-2-4-6-8;1-4-9-5(8)6(2,3)7;1-4(2)5(6)7-3/h6-10,13H,5,11-12H2,1-4H3;2-6,10H,1H2;4H2,1-3H3;1H2,2-3H3. The number of cyclic esters (lactones) is 1. The van der Waals surface area contributed by atoms with Crippen LogP contribution in [0.4, 0.5) is 0 Å². The first-order valence-electron chi connectivity index (χ1n) is 16.4. The third-order valence-electron chi connectivity index (χ3n) is 7.20. The number of hydrogen-bond acceptors (Lipinski definition) is 12. The van der Waals surface area contributed by atoms with E-state index in [1.165, 1.54) is 14.2 Å². The smallest absolute Gasteiger partial charge is 0.376 e. The molecule has 1 aliphatic rings. The van der Waals surface area contributed by atoms with Crippen LogP contribution in [0, 0.1) is 5.41 Å². The van der Waals surface area contributed by atoms with Crippen molar-refractivity contribution in [1.82, 2.24) is 0 Å². The van der Waals surface area contributed by atoms with E-state index in [4.69, 9.17) is 23.7 Å². The van der Waals surface area contributed by atoms with Gasteiger partial charge in [0.1, 0.15) is 10.4 Å². The highest BCUT2D eigenvalue weighted by atomic mass is 79.9. The van der Waals surface area contributed by atoms with E-state index in [0.717, 1.165) is 11.1 Å². The van der Waals surface area contributed by atoms with Crippen molar-refractivity contribution in [3.63, 3.8) is 0 Å². The second kappa shape index (κ2) is 23.6. The first-order chi connectivity index (χ1) is 24.3. The molecular formula is C39H51BrO12. The Balaban J connectivity index is 0.000000750. The van der Waals surface area contributed by atoms with Crippen LogP contribution in [0.5, 0.6) is 0 Å². The topological polar surface area (TPSA) is 158 Å². The third kappa shape index (κ3) is 17.4. The van der Waals surface area contributed by atoms with Crippen LogP contribution in [0.2, 0.25) is 0 Å². The highest BCUT2D eigenvalue weighted by Crippen LogP contribution is 2.30. The zero-order valence-corrected chi connectivity index (χ0v) is 33.0. The average molecular weight is 792 g/mol. The summed E-state index contributed by atoms with van der Waals surface area (Å²) >= 11 is 3.17. The van der Waals surface area contributed by atoms with Gasteiger partial charge in [0.05, 0.1) is 26.2 Å². The van der Waals surface area contributed by atoms with Crippen molar-refractivity contribution in [1.29, 1.82) is 0 Å². The lowest BCUT2D eigenvalue weighted by atomic mass is 9.82. The Hall–Kier alpha value is -4.78. The lowest BCUT2D eigenvalue weighted by Crippen LogP contribution is -2.30. The van der Waals surface area contributed by atoms with Crippen molar-refractivity contribution in [3.05, 3.63) is 96.3 Å². The summed E-state index contributed by atoms with van der Waals surface area (Å²) in [4.78, 5) is 67.5. The van der Waals surface area contributed by atoms with Gasteiger partial charge >= 0.3 is 29.8 Å². The lowest BCUT2D eigenvalue weighted by molar-refractivity contribution is -0.159. The van der Waals surface area contributed by atoms with Crippen LogP contribution < -0.4 is 0 Å². The molecule has 3 atom stereocenters. The Morgan fingerprint density at radius 1 is 0.865 bits per heavy atom. The van der Waals surface area contributed by atoms with E-state index in [1.54, 1.807) is 41.5 Å². The van der Waals surface area contributed by atoms with Gasteiger partial charge in [0.25, 0.3) is 6.29 Å². The molecule has 12 nitrogen and oxygen atoms in total. The molecule has 1 aliphatic heterocycles. The molecule has 286 valence electrons. The quantitative estimate of drug-likeness (QED) is 0.0688. The number of Topliss-reactive ketones (excluding diaryl/α,β-unsaturated/α-hetero) is 1. The first kappa shape index (κ1) is 47.2. The molecule has 0 bridgehead atoms. The van der Waals surface area contributed by atoms with Crippen molar-refractivity contribution in [3.8, 4) is 0 Å². The Morgan fingerprint density at radius 3 is 1.77 bits per heavy atom. The Labute approximate surface area is 314 Å². The van der Waals surface area contributed by atoms with Gasteiger partial charge in [-0.05, 0) is 66.5 Å². The van der Waals surface area contributed by atoms with E-state index in [1.807, 2.05) is 67.6 Å². The SMILES string of the molecule is C=C(C)C(=O)OC.C=C1OC(c2ccccc2)OC1=O.CCC(C)(CCC(=O)C(=O)OC(C)c1ccccc1)C(=O)OC.CCOC(=O)C(C)(C)Br. The maximum atomic E-state index is 12.0. The minimum absolute atomic E-state index is 0.0419. The van der Waals surface area contributed by atoms with Crippen LogP contribution in [0.25, 0.3) is 0 Å². The van der Waals surface area contributed by atoms with Gasteiger partial charge in [-0.15, -0.1) is 0 Å². The predicted octanol–water partition coefficient (Wildman–Crippen LogP) is 7.46. The number of halogens is 1. The van der Waals surface area contributed by atoms with Crippen LogP contribution in [0.3, 0.4) is 0 Å². The maximum absolute atomic E-state index is 12.0. The van der Waals surface area contributed by atoms with Gasteiger partial charge in [-0.25, -0.2) is 14.4 Å². The Bertz CT molecular complexity index is 1480. The fourth-order valence-corrected chi connectivity index (χ4v) is 3.88. The van der Waals surface area contributed by atoms with Crippen LogP contribution in [0.1, 0.15) is 91.2 Å². The van der Waals surface area contributed by atoms with E-state index in [9.17, 15) is 28.8 Å². The second-order valence-corrected chi connectivity index (χ2v) is 13.9. The number of rotatable bonds is 12. The molecule has 0 spiro atoms.